The smallest absolute Gasteiger partial charge is 0.126 e. The highest BCUT2D eigenvalue weighted by Gasteiger charge is 2.24. The summed E-state index contributed by atoms with van der Waals surface area (Å²) >= 11 is 0. The van der Waals surface area contributed by atoms with Crippen LogP contribution >= 0.6 is 0 Å². The number of nitrogen functional groups attached to an aromatic ring is 1. The maximum absolute atomic E-state index is 9.04. The number of aliphatic hydroxyl groups excluding tert-OH is 1. The Bertz CT molecular complexity index is 316. The molecular formula is C12H21N3O. The van der Waals surface area contributed by atoms with Gasteiger partial charge in [-0.15, -0.1) is 0 Å². The standard InChI is InChI=1S/C12H21N3O/c1-12(2,3)10(6-7-16)15-11-5-4-9(13)8-14-11/h4-5,8,10,16H,6-7,13H2,1-3H3,(H,14,15). The van der Waals surface area contributed by atoms with E-state index in [4.69, 9.17) is 10.8 Å². The predicted octanol–water partition coefficient (Wildman–Crippen LogP) is 1.87. The number of hydrogen-bond donors (Lipinski definition) is 3. The highest BCUT2D eigenvalue weighted by Crippen LogP contribution is 2.24. The molecule has 90 valence electrons. The molecule has 0 saturated heterocycles. The summed E-state index contributed by atoms with van der Waals surface area (Å²) in [5.41, 5.74) is 6.30. The predicted molar refractivity (Wildman–Crippen MR) is 67.2 cm³/mol. The Morgan fingerprint density at radius 2 is 2.12 bits per heavy atom. The topological polar surface area (TPSA) is 71.2 Å². The van der Waals surface area contributed by atoms with Gasteiger partial charge in [-0.2, -0.15) is 0 Å². The van der Waals surface area contributed by atoms with Crippen LogP contribution in [-0.4, -0.2) is 22.7 Å². The SMILES string of the molecule is CC(C)(C)C(CCO)Nc1ccc(N)cn1. The molecule has 0 amide bonds. The van der Waals surface area contributed by atoms with Crippen molar-refractivity contribution in [1.82, 2.24) is 4.98 Å². The molecule has 4 nitrogen and oxygen atoms in total. The fourth-order valence-corrected chi connectivity index (χ4v) is 1.52. The highest BCUT2D eigenvalue weighted by molar-refractivity contribution is 5.44. The molecule has 1 rings (SSSR count). The third-order valence-electron chi connectivity index (χ3n) is 2.57. The van der Waals surface area contributed by atoms with Crippen LogP contribution in [0.5, 0.6) is 0 Å². The van der Waals surface area contributed by atoms with Crippen molar-refractivity contribution in [3.63, 3.8) is 0 Å². The molecule has 16 heavy (non-hydrogen) atoms. The molecule has 0 fully saturated rings. The molecule has 0 radical (unpaired) electrons. The zero-order chi connectivity index (χ0) is 12.2. The number of aliphatic hydroxyl groups is 1. The summed E-state index contributed by atoms with van der Waals surface area (Å²) in [5.74, 6) is 0.794. The first kappa shape index (κ1) is 12.8. The molecule has 1 aromatic rings. The molecule has 1 heterocycles. The summed E-state index contributed by atoms with van der Waals surface area (Å²) in [6.45, 7) is 6.58. The minimum Gasteiger partial charge on any atom is -0.397 e. The van der Waals surface area contributed by atoms with E-state index in [1.54, 1.807) is 6.20 Å². The summed E-state index contributed by atoms with van der Waals surface area (Å²) in [7, 11) is 0. The maximum atomic E-state index is 9.04. The second-order valence-electron chi connectivity index (χ2n) is 5.05. The van der Waals surface area contributed by atoms with Crippen LogP contribution in [0.3, 0.4) is 0 Å². The van der Waals surface area contributed by atoms with E-state index in [0.29, 0.717) is 12.1 Å². The van der Waals surface area contributed by atoms with Gasteiger partial charge in [0.15, 0.2) is 0 Å². The average Bonchev–Trinajstić information content (AvgIpc) is 2.19. The number of aromatic nitrogens is 1. The number of anilines is 2. The second kappa shape index (κ2) is 5.16. The van der Waals surface area contributed by atoms with Gasteiger partial charge in [-0.1, -0.05) is 20.8 Å². The van der Waals surface area contributed by atoms with Gasteiger partial charge in [0.1, 0.15) is 5.82 Å². The fraction of sp³-hybridized carbons (Fsp3) is 0.583. The number of pyridine rings is 1. The molecule has 4 N–H and O–H groups in total. The minimum absolute atomic E-state index is 0.0752. The van der Waals surface area contributed by atoms with Gasteiger partial charge >= 0.3 is 0 Å². The van der Waals surface area contributed by atoms with Crippen LogP contribution in [0, 0.1) is 5.41 Å². The van der Waals surface area contributed by atoms with Gasteiger partial charge in [0, 0.05) is 12.6 Å². The summed E-state index contributed by atoms with van der Waals surface area (Å²) in [5, 5.41) is 12.4. The Kier molecular flexibility index (Phi) is 4.12. The van der Waals surface area contributed by atoms with E-state index in [9.17, 15) is 0 Å². The van der Waals surface area contributed by atoms with Crippen molar-refractivity contribution >= 4 is 11.5 Å². The fourth-order valence-electron chi connectivity index (χ4n) is 1.52. The number of hydrogen-bond acceptors (Lipinski definition) is 4. The van der Waals surface area contributed by atoms with Crippen LogP contribution in [0.2, 0.25) is 0 Å². The minimum atomic E-state index is 0.0752. The van der Waals surface area contributed by atoms with Crippen LogP contribution < -0.4 is 11.1 Å². The largest absolute Gasteiger partial charge is 0.397 e. The number of nitrogens with two attached hydrogens (primary N) is 1. The number of nitrogens with one attached hydrogen (secondary N) is 1. The molecule has 1 atom stereocenters. The molecule has 1 aromatic heterocycles. The summed E-state index contributed by atoms with van der Waals surface area (Å²) in [4.78, 5) is 4.20. The van der Waals surface area contributed by atoms with Crippen LogP contribution in [0.15, 0.2) is 18.3 Å². The normalized spacial score (nSPS) is 13.5. The third kappa shape index (κ3) is 3.70. The van der Waals surface area contributed by atoms with Crippen molar-refractivity contribution in [1.29, 1.82) is 0 Å². The molecule has 0 spiro atoms. The van der Waals surface area contributed by atoms with E-state index in [1.165, 1.54) is 0 Å². The van der Waals surface area contributed by atoms with Crippen LogP contribution in [-0.2, 0) is 0 Å². The lowest BCUT2D eigenvalue weighted by Crippen LogP contribution is -2.35. The maximum Gasteiger partial charge on any atom is 0.126 e. The first-order chi connectivity index (χ1) is 7.43. The third-order valence-corrected chi connectivity index (χ3v) is 2.57. The number of nitrogens with zero attached hydrogens (tertiary/aromatic N) is 1. The van der Waals surface area contributed by atoms with Crippen molar-refractivity contribution in [2.24, 2.45) is 5.41 Å². The molecule has 0 aliphatic rings. The lowest BCUT2D eigenvalue weighted by atomic mass is 9.85. The van der Waals surface area contributed by atoms with E-state index < -0.39 is 0 Å². The van der Waals surface area contributed by atoms with Crippen LogP contribution in [0.4, 0.5) is 11.5 Å². The van der Waals surface area contributed by atoms with Crippen molar-refractivity contribution < 1.29 is 5.11 Å². The molecule has 0 aliphatic heterocycles. The van der Waals surface area contributed by atoms with Gasteiger partial charge in [-0.3, -0.25) is 0 Å². The quantitative estimate of drug-likeness (QED) is 0.728. The first-order valence-corrected chi connectivity index (χ1v) is 5.52. The van der Waals surface area contributed by atoms with E-state index in [-0.39, 0.29) is 18.1 Å². The van der Waals surface area contributed by atoms with E-state index >= 15 is 0 Å². The monoisotopic (exact) mass is 223 g/mol. The van der Waals surface area contributed by atoms with Gasteiger partial charge in [-0.05, 0) is 24.0 Å². The van der Waals surface area contributed by atoms with Crippen molar-refractivity contribution in [2.45, 2.75) is 33.2 Å². The van der Waals surface area contributed by atoms with Crippen molar-refractivity contribution in [3.05, 3.63) is 18.3 Å². The van der Waals surface area contributed by atoms with E-state index in [2.05, 4.69) is 31.1 Å². The lowest BCUT2D eigenvalue weighted by Gasteiger charge is -2.31. The van der Waals surface area contributed by atoms with Gasteiger partial charge in [-0.25, -0.2) is 4.98 Å². The molecule has 1 unspecified atom stereocenters. The van der Waals surface area contributed by atoms with Crippen LogP contribution in [0.25, 0.3) is 0 Å². The van der Waals surface area contributed by atoms with Crippen molar-refractivity contribution in [2.75, 3.05) is 17.7 Å². The van der Waals surface area contributed by atoms with E-state index in [1.807, 2.05) is 12.1 Å². The van der Waals surface area contributed by atoms with Gasteiger partial charge in [0.25, 0.3) is 0 Å². The van der Waals surface area contributed by atoms with Gasteiger partial charge in [0.2, 0.25) is 0 Å². The molecule has 4 heteroatoms. The van der Waals surface area contributed by atoms with Crippen molar-refractivity contribution in [3.8, 4) is 0 Å². The molecule has 0 aromatic carbocycles. The Morgan fingerprint density at radius 1 is 1.44 bits per heavy atom. The Morgan fingerprint density at radius 3 is 2.56 bits per heavy atom. The zero-order valence-corrected chi connectivity index (χ0v) is 10.2. The Hall–Kier alpha value is -1.29. The first-order valence-electron chi connectivity index (χ1n) is 5.52. The summed E-state index contributed by atoms with van der Waals surface area (Å²) < 4.78 is 0. The Labute approximate surface area is 96.9 Å². The zero-order valence-electron chi connectivity index (χ0n) is 10.2. The molecule has 0 bridgehead atoms. The van der Waals surface area contributed by atoms with Gasteiger partial charge < -0.3 is 16.2 Å². The molecule has 0 saturated carbocycles. The summed E-state index contributed by atoms with van der Waals surface area (Å²) in [6.07, 6.45) is 2.33. The molecule has 0 aliphatic carbocycles. The molecular weight excluding hydrogens is 202 g/mol. The van der Waals surface area contributed by atoms with Crippen LogP contribution in [0.1, 0.15) is 27.2 Å². The highest BCUT2D eigenvalue weighted by atomic mass is 16.3. The average molecular weight is 223 g/mol. The number of rotatable bonds is 4. The van der Waals surface area contributed by atoms with E-state index in [0.717, 1.165) is 5.82 Å². The Balaban J connectivity index is 2.72. The second-order valence-corrected chi connectivity index (χ2v) is 5.05. The lowest BCUT2D eigenvalue weighted by molar-refractivity contribution is 0.235. The summed E-state index contributed by atoms with van der Waals surface area (Å²) in [6, 6.07) is 3.85. The van der Waals surface area contributed by atoms with Gasteiger partial charge in [0.05, 0.1) is 11.9 Å².